The fourth-order valence-electron chi connectivity index (χ4n) is 1.15. The summed E-state index contributed by atoms with van der Waals surface area (Å²) in [6, 6.07) is 3.91. The van der Waals surface area contributed by atoms with Gasteiger partial charge in [-0.2, -0.15) is 0 Å². The van der Waals surface area contributed by atoms with Gasteiger partial charge in [0.2, 0.25) is 0 Å². The molecular formula is C10H10BrN3S. The molecule has 0 fully saturated rings. The standard InChI is InChI=1S/C10H10BrN3S/c1-7-12-5-9(15-7)6-14-10-3-2-8(11)4-13-10/h2-5H,6H2,1H3,(H,13,14). The molecule has 0 bridgehead atoms. The minimum atomic E-state index is 0.778. The summed E-state index contributed by atoms with van der Waals surface area (Å²) >= 11 is 5.05. The van der Waals surface area contributed by atoms with Crippen molar-refractivity contribution in [1.29, 1.82) is 0 Å². The van der Waals surface area contributed by atoms with Crippen LogP contribution in [0.25, 0.3) is 0 Å². The van der Waals surface area contributed by atoms with Crippen LogP contribution in [-0.4, -0.2) is 9.97 Å². The van der Waals surface area contributed by atoms with E-state index >= 15 is 0 Å². The molecule has 1 N–H and O–H groups in total. The lowest BCUT2D eigenvalue weighted by molar-refractivity contribution is 1.13. The Labute approximate surface area is 101 Å². The molecule has 0 aliphatic heterocycles. The molecule has 0 saturated carbocycles. The van der Waals surface area contributed by atoms with Gasteiger partial charge in [0.1, 0.15) is 5.82 Å². The summed E-state index contributed by atoms with van der Waals surface area (Å²) in [6.45, 7) is 2.78. The number of thiazole rings is 1. The zero-order valence-corrected chi connectivity index (χ0v) is 10.6. The second-order valence-corrected chi connectivity index (χ2v) is 5.30. The Morgan fingerprint density at radius 3 is 2.80 bits per heavy atom. The predicted molar refractivity (Wildman–Crippen MR) is 66.1 cm³/mol. The van der Waals surface area contributed by atoms with Crippen LogP contribution in [0.5, 0.6) is 0 Å². The van der Waals surface area contributed by atoms with Crippen LogP contribution in [0.3, 0.4) is 0 Å². The lowest BCUT2D eigenvalue weighted by Gasteiger charge is -2.02. The monoisotopic (exact) mass is 283 g/mol. The van der Waals surface area contributed by atoms with Crippen LogP contribution in [0.15, 0.2) is 29.0 Å². The van der Waals surface area contributed by atoms with Crippen molar-refractivity contribution < 1.29 is 0 Å². The second-order valence-electron chi connectivity index (χ2n) is 3.06. The van der Waals surface area contributed by atoms with Crippen LogP contribution in [0.4, 0.5) is 5.82 Å². The van der Waals surface area contributed by atoms with E-state index in [2.05, 4.69) is 31.2 Å². The molecule has 3 nitrogen and oxygen atoms in total. The number of nitrogens with one attached hydrogen (secondary N) is 1. The van der Waals surface area contributed by atoms with E-state index < -0.39 is 0 Å². The Bertz CT molecular complexity index is 438. The van der Waals surface area contributed by atoms with Gasteiger partial charge < -0.3 is 5.32 Å². The maximum Gasteiger partial charge on any atom is 0.126 e. The predicted octanol–water partition coefficient (Wildman–Crippen LogP) is 3.22. The lowest BCUT2D eigenvalue weighted by Crippen LogP contribution is -1.98. The van der Waals surface area contributed by atoms with Gasteiger partial charge in [-0.15, -0.1) is 11.3 Å². The highest BCUT2D eigenvalue weighted by molar-refractivity contribution is 9.10. The largest absolute Gasteiger partial charge is 0.365 e. The van der Waals surface area contributed by atoms with Crippen molar-refractivity contribution in [2.45, 2.75) is 13.5 Å². The Morgan fingerprint density at radius 2 is 2.20 bits per heavy atom. The normalized spacial score (nSPS) is 10.3. The molecule has 0 amide bonds. The van der Waals surface area contributed by atoms with Gasteiger partial charge >= 0.3 is 0 Å². The smallest absolute Gasteiger partial charge is 0.126 e. The van der Waals surface area contributed by atoms with Crippen LogP contribution in [0, 0.1) is 6.92 Å². The molecule has 2 heterocycles. The molecule has 2 rings (SSSR count). The minimum absolute atomic E-state index is 0.778. The van der Waals surface area contributed by atoms with E-state index in [-0.39, 0.29) is 0 Å². The van der Waals surface area contributed by atoms with Gasteiger partial charge in [-0.1, -0.05) is 0 Å². The van der Waals surface area contributed by atoms with Crippen LogP contribution in [-0.2, 0) is 6.54 Å². The van der Waals surface area contributed by atoms with Crippen molar-refractivity contribution in [3.63, 3.8) is 0 Å². The molecule has 0 aliphatic rings. The van der Waals surface area contributed by atoms with Gasteiger partial charge in [-0.25, -0.2) is 9.97 Å². The van der Waals surface area contributed by atoms with Gasteiger partial charge in [-0.05, 0) is 35.0 Å². The summed E-state index contributed by atoms with van der Waals surface area (Å²) in [5, 5.41) is 4.33. The molecule has 2 aromatic rings. The van der Waals surface area contributed by atoms with Crippen molar-refractivity contribution in [3.05, 3.63) is 38.9 Å². The molecular weight excluding hydrogens is 274 g/mol. The van der Waals surface area contributed by atoms with Gasteiger partial charge in [0.25, 0.3) is 0 Å². The van der Waals surface area contributed by atoms with E-state index in [1.54, 1.807) is 17.5 Å². The minimum Gasteiger partial charge on any atom is -0.365 e. The molecule has 5 heteroatoms. The third-order valence-corrected chi connectivity index (χ3v) is 3.22. The maximum atomic E-state index is 4.23. The first kappa shape index (κ1) is 10.6. The number of anilines is 1. The van der Waals surface area contributed by atoms with Gasteiger partial charge in [0.15, 0.2) is 0 Å². The topological polar surface area (TPSA) is 37.8 Å². The molecule has 0 unspecified atom stereocenters. The summed E-state index contributed by atoms with van der Waals surface area (Å²) in [5.74, 6) is 0.879. The van der Waals surface area contributed by atoms with E-state index in [9.17, 15) is 0 Å². The summed E-state index contributed by atoms with van der Waals surface area (Å²) in [5.41, 5.74) is 0. The zero-order valence-electron chi connectivity index (χ0n) is 8.20. The number of rotatable bonds is 3. The van der Waals surface area contributed by atoms with Crippen LogP contribution < -0.4 is 5.32 Å². The Balaban J connectivity index is 1.96. The van der Waals surface area contributed by atoms with E-state index in [0.29, 0.717) is 0 Å². The number of aromatic nitrogens is 2. The molecule has 0 aliphatic carbocycles. The summed E-state index contributed by atoms with van der Waals surface area (Å²) in [6.07, 6.45) is 3.67. The SMILES string of the molecule is Cc1ncc(CNc2ccc(Br)cn2)s1. The molecule has 0 spiro atoms. The summed E-state index contributed by atoms with van der Waals surface area (Å²) in [7, 11) is 0. The van der Waals surface area contributed by atoms with Gasteiger partial charge in [0, 0.05) is 21.7 Å². The number of hydrogen-bond donors (Lipinski definition) is 1. The molecule has 0 aromatic carbocycles. The number of nitrogens with zero attached hydrogens (tertiary/aromatic N) is 2. The molecule has 0 saturated heterocycles. The highest BCUT2D eigenvalue weighted by Crippen LogP contribution is 2.14. The first-order valence-electron chi connectivity index (χ1n) is 4.51. The summed E-state index contributed by atoms with van der Waals surface area (Å²) in [4.78, 5) is 9.64. The van der Waals surface area contributed by atoms with E-state index in [0.717, 1.165) is 21.8 Å². The van der Waals surface area contributed by atoms with Gasteiger partial charge in [-0.3, -0.25) is 0 Å². The highest BCUT2D eigenvalue weighted by atomic mass is 79.9. The molecule has 15 heavy (non-hydrogen) atoms. The number of hydrogen-bond acceptors (Lipinski definition) is 4. The Kier molecular flexibility index (Phi) is 3.33. The molecule has 78 valence electrons. The average Bonchev–Trinajstić information content (AvgIpc) is 2.64. The quantitative estimate of drug-likeness (QED) is 0.940. The van der Waals surface area contributed by atoms with Crippen molar-refractivity contribution in [3.8, 4) is 0 Å². The van der Waals surface area contributed by atoms with E-state index in [1.807, 2.05) is 25.3 Å². The highest BCUT2D eigenvalue weighted by Gasteiger charge is 1.98. The zero-order chi connectivity index (χ0) is 10.7. The number of aryl methyl sites for hydroxylation is 1. The maximum absolute atomic E-state index is 4.23. The first-order valence-corrected chi connectivity index (χ1v) is 6.12. The average molecular weight is 284 g/mol. The Hall–Kier alpha value is -0.940. The van der Waals surface area contributed by atoms with Crippen molar-refractivity contribution in [2.75, 3.05) is 5.32 Å². The van der Waals surface area contributed by atoms with Crippen LogP contribution in [0.1, 0.15) is 9.88 Å². The van der Waals surface area contributed by atoms with Crippen molar-refractivity contribution in [1.82, 2.24) is 9.97 Å². The van der Waals surface area contributed by atoms with Crippen LogP contribution >= 0.6 is 27.3 Å². The van der Waals surface area contributed by atoms with Crippen molar-refractivity contribution >= 4 is 33.1 Å². The lowest BCUT2D eigenvalue weighted by atomic mass is 10.4. The fourth-order valence-corrected chi connectivity index (χ4v) is 2.11. The van der Waals surface area contributed by atoms with Crippen molar-refractivity contribution in [2.24, 2.45) is 0 Å². The molecule has 0 atom stereocenters. The molecule has 2 aromatic heterocycles. The van der Waals surface area contributed by atoms with Crippen LogP contribution in [0.2, 0.25) is 0 Å². The number of pyridine rings is 1. The Morgan fingerprint density at radius 1 is 1.33 bits per heavy atom. The van der Waals surface area contributed by atoms with E-state index in [1.165, 1.54) is 4.88 Å². The number of halogens is 1. The molecule has 0 radical (unpaired) electrons. The first-order chi connectivity index (χ1) is 7.24. The fraction of sp³-hybridized carbons (Fsp3) is 0.200. The third kappa shape index (κ3) is 3.00. The summed E-state index contributed by atoms with van der Waals surface area (Å²) < 4.78 is 0.988. The van der Waals surface area contributed by atoms with Gasteiger partial charge in [0.05, 0.1) is 11.6 Å². The third-order valence-electron chi connectivity index (χ3n) is 1.84. The second kappa shape index (κ2) is 4.72. The van der Waals surface area contributed by atoms with E-state index in [4.69, 9.17) is 0 Å².